The normalized spacial score (nSPS) is 18.1. The summed E-state index contributed by atoms with van der Waals surface area (Å²) >= 11 is 0. The van der Waals surface area contributed by atoms with Crippen LogP contribution in [0.25, 0.3) is 10.9 Å². The Morgan fingerprint density at radius 3 is 2.44 bits per heavy atom. The van der Waals surface area contributed by atoms with E-state index < -0.39 is 12.1 Å². The highest BCUT2D eigenvalue weighted by Gasteiger charge is 2.38. The number of aromatic amines is 1. The average Bonchev–Trinajstić information content (AvgIpc) is 3.26. The number of aryl methyl sites for hydroxylation is 2. The Morgan fingerprint density at radius 1 is 1.08 bits per heavy atom. The summed E-state index contributed by atoms with van der Waals surface area (Å²) in [6.07, 6.45) is -3.75. The van der Waals surface area contributed by atoms with Gasteiger partial charge in [0, 0.05) is 43.9 Å². The monoisotopic (exact) mass is 503 g/mol. The fourth-order valence-electron chi connectivity index (χ4n) is 4.48. The summed E-state index contributed by atoms with van der Waals surface area (Å²) in [5, 5.41) is 8.38. The molecule has 36 heavy (non-hydrogen) atoms. The number of carbonyl (C=O) groups is 2. The Kier molecular flexibility index (Phi) is 7.53. The predicted octanol–water partition coefficient (Wildman–Crippen LogP) is 4.15. The fourth-order valence-corrected chi connectivity index (χ4v) is 4.48. The molecule has 5 rings (SSSR count). The fraction of sp³-hybridized carbons (Fsp3) is 0.385. The van der Waals surface area contributed by atoms with Crippen LogP contribution in [0.5, 0.6) is 5.75 Å². The third kappa shape index (κ3) is 6.17. The summed E-state index contributed by atoms with van der Waals surface area (Å²) in [7, 11) is 0. The summed E-state index contributed by atoms with van der Waals surface area (Å²) in [5.41, 5.74) is 4.87. The minimum atomic E-state index is -5.08. The number of carbonyl (C=O) groups excluding carboxylic acids is 1. The van der Waals surface area contributed by atoms with Crippen LogP contribution in [0.2, 0.25) is 0 Å². The minimum Gasteiger partial charge on any atom is -0.480 e. The maximum atomic E-state index is 13.0. The zero-order chi connectivity index (χ0) is 25.9. The lowest BCUT2D eigenvalue weighted by atomic mass is 9.99. The molecule has 2 aromatic carbocycles. The van der Waals surface area contributed by atoms with E-state index in [2.05, 4.69) is 59.3 Å². The molecule has 0 spiro atoms. The number of piperazine rings is 1. The van der Waals surface area contributed by atoms with E-state index in [1.807, 2.05) is 11.0 Å². The zero-order valence-corrected chi connectivity index (χ0v) is 19.8. The number of halogens is 3. The van der Waals surface area contributed by atoms with Gasteiger partial charge in [0.2, 0.25) is 0 Å². The average molecular weight is 504 g/mol. The van der Waals surface area contributed by atoms with Crippen molar-refractivity contribution in [3.63, 3.8) is 0 Å². The van der Waals surface area contributed by atoms with Gasteiger partial charge in [-0.25, -0.2) is 4.79 Å². The number of nitrogens with one attached hydrogen (secondary N) is 1. The number of hydrogen-bond donors (Lipinski definition) is 2. The molecule has 3 heterocycles. The SMILES string of the molecule is Cc1ccc2c(c1)CCC(C(=O)N1CCN(Cc3cc4ccccc4[nH]3)CC1)O2.O=C(O)C(F)(F)F. The van der Waals surface area contributed by atoms with Gasteiger partial charge in [0.25, 0.3) is 5.91 Å². The Balaban J connectivity index is 0.000000384. The molecule has 1 fully saturated rings. The van der Waals surface area contributed by atoms with Gasteiger partial charge >= 0.3 is 12.1 Å². The number of para-hydroxylation sites is 1. The van der Waals surface area contributed by atoms with Crippen molar-refractivity contribution in [3.8, 4) is 5.75 Å². The van der Waals surface area contributed by atoms with Gasteiger partial charge in [-0.1, -0.05) is 35.9 Å². The van der Waals surface area contributed by atoms with Crippen LogP contribution >= 0.6 is 0 Å². The topological polar surface area (TPSA) is 85.9 Å². The number of ether oxygens (including phenoxy) is 1. The Hall–Kier alpha value is -3.53. The van der Waals surface area contributed by atoms with Gasteiger partial charge in [-0.05, 0) is 48.9 Å². The maximum absolute atomic E-state index is 13.0. The number of carboxylic acids is 1. The molecular weight excluding hydrogens is 475 g/mol. The van der Waals surface area contributed by atoms with E-state index in [0.29, 0.717) is 0 Å². The number of aliphatic carboxylic acids is 1. The first-order valence-corrected chi connectivity index (χ1v) is 11.7. The van der Waals surface area contributed by atoms with E-state index in [4.69, 9.17) is 14.6 Å². The summed E-state index contributed by atoms with van der Waals surface area (Å²) < 4.78 is 37.8. The molecule has 1 saturated heterocycles. The highest BCUT2D eigenvalue weighted by Crippen LogP contribution is 2.29. The van der Waals surface area contributed by atoms with Crippen molar-refractivity contribution in [2.24, 2.45) is 0 Å². The van der Waals surface area contributed by atoms with Crippen molar-refractivity contribution >= 4 is 22.8 Å². The standard InChI is InChI=1S/C24H27N3O2.C2HF3O2/c1-17-6-8-22-19(14-17)7-9-23(29-22)24(28)27-12-10-26(11-13-27)16-20-15-18-4-2-3-5-21(18)25-20;3-2(4,5)1(6)7/h2-6,8,14-15,23,25H,7,9-13,16H2,1H3;(H,6,7). The molecule has 2 aliphatic rings. The number of rotatable bonds is 3. The molecule has 10 heteroatoms. The number of fused-ring (bicyclic) bond motifs is 2. The van der Waals surface area contributed by atoms with Crippen molar-refractivity contribution in [1.29, 1.82) is 0 Å². The highest BCUT2D eigenvalue weighted by atomic mass is 19.4. The smallest absolute Gasteiger partial charge is 0.480 e. The zero-order valence-electron chi connectivity index (χ0n) is 19.8. The molecule has 1 amide bonds. The predicted molar refractivity (Wildman–Crippen MR) is 128 cm³/mol. The van der Waals surface area contributed by atoms with Crippen molar-refractivity contribution < 1.29 is 32.6 Å². The molecule has 0 radical (unpaired) electrons. The third-order valence-electron chi connectivity index (χ3n) is 6.34. The van der Waals surface area contributed by atoms with E-state index >= 15 is 0 Å². The molecule has 1 unspecified atom stereocenters. The molecule has 3 aromatic rings. The number of nitrogens with zero attached hydrogens (tertiary/aromatic N) is 2. The number of H-pyrrole nitrogens is 1. The van der Waals surface area contributed by atoms with Crippen molar-refractivity contribution in [2.75, 3.05) is 26.2 Å². The Bertz CT molecular complexity index is 1200. The maximum Gasteiger partial charge on any atom is 0.490 e. The number of alkyl halides is 3. The first-order valence-electron chi connectivity index (χ1n) is 11.7. The second-order valence-corrected chi connectivity index (χ2v) is 9.04. The molecule has 2 aliphatic heterocycles. The molecule has 1 aromatic heterocycles. The van der Waals surface area contributed by atoms with E-state index in [-0.39, 0.29) is 12.0 Å². The quantitative estimate of drug-likeness (QED) is 0.561. The van der Waals surface area contributed by atoms with Crippen LogP contribution in [0.4, 0.5) is 13.2 Å². The molecular formula is C26H28F3N3O4. The van der Waals surface area contributed by atoms with Crippen LogP contribution in [0.3, 0.4) is 0 Å². The summed E-state index contributed by atoms with van der Waals surface area (Å²) in [6.45, 7) is 6.29. The van der Waals surface area contributed by atoms with E-state index in [9.17, 15) is 18.0 Å². The largest absolute Gasteiger partial charge is 0.490 e. The molecule has 192 valence electrons. The third-order valence-corrected chi connectivity index (χ3v) is 6.34. The van der Waals surface area contributed by atoms with Gasteiger partial charge in [-0.2, -0.15) is 13.2 Å². The summed E-state index contributed by atoms with van der Waals surface area (Å²) in [6, 6.07) is 16.8. The van der Waals surface area contributed by atoms with Gasteiger partial charge in [0.1, 0.15) is 5.75 Å². The van der Waals surface area contributed by atoms with Crippen molar-refractivity contribution in [1.82, 2.24) is 14.8 Å². The first kappa shape index (κ1) is 25.6. The van der Waals surface area contributed by atoms with Gasteiger partial charge in [-0.3, -0.25) is 9.69 Å². The number of benzene rings is 2. The van der Waals surface area contributed by atoms with Crippen LogP contribution < -0.4 is 4.74 Å². The number of aromatic nitrogens is 1. The molecule has 1 atom stereocenters. The van der Waals surface area contributed by atoms with E-state index in [1.54, 1.807) is 0 Å². The van der Waals surface area contributed by atoms with E-state index in [1.165, 1.54) is 27.7 Å². The number of amides is 1. The lowest BCUT2D eigenvalue weighted by Crippen LogP contribution is -2.52. The minimum absolute atomic E-state index is 0.140. The first-order chi connectivity index (χ1) is 17.1. The van der Waals surface area contributed by atoms with Crippen molar-refractivity contribution in [2.45, 2.75) is 38.6 Å². The van der Waals surface area contributed by atoms with Gasteiger partial charge in [-0.15, -0.1) is 0 Å². The van der Waals surface area contributed by atoms with Gasteiger partial charge in [0.05, 0.1) is 0 Å². The second-order valence-electron chi connectivity index (χ2n) is 9.04. The molecule has 7 nitrogen and oxygen atoms in total. The highest BCUT2D eigenvalue weighted by molar-refractivity contribution is 5.82. The number of carboxylic acid groups (broad SMARTS) is 1. The lowest BCUT2D eigenvalue weighted by Gasteiger charge is -2.37. The second kappa shape index (κ2) is 10.6. The Labute approximate surface area is 206 Å². The molecule has 2 N–H and O–H groups in total. The Morgan fingerprint density at radius 2 is 1.78 bits per heavy atom. The van der Waals surface area contributed by atoms with E-state index in [0.717, 1.165) is 51.3 Å². The van der Waals surface area contributed by atoms with Gasteiger partial charge < -0.3 is 19.7 Å². The molecule has 0 bridgehead atoms. The van der Waals surface area contributed by atoms with Gasteiger partial charge in [0.15, 0.2) is 6.10 Å². The van der Waals surface area contributed by atoms with Crippen LogP contribution in [-0.4, -0.2) is 70.2 Å². The van der Waals surface area contributed by atoms with Crippen LogP contribution in [0.15, 0.2) is 48.5 Å². The summed E-state index contributed by atoms with van der Waals surface area (Å²) in [5.74, 6) is -1.74. The number of hydrogen-bond acceptors (Lipinski definition) is 4. The van der Waals surface area contributed by atoms with Crippen LogP contribution in [0.1, 0.15) is 23.2 Å². The van der Waals surface area contributed by atoms with Crippen LogP contribution in [0, 0.1) is 6.92 Å². The van der Waals surface area contributed by atoms with Crippen LogP contribution in [-0.2, 0) is 22.6 Å². The lowest BCUT2D eigenvalue weighted by molar-refractivity contribution is -0.192. The molecule has 0 saturated carbocycles. The summed E-state index contributed by atoms with van der Waals surface area (Å²) in [4.78, 5) is 29.8. The molecule has 0 aliphatic carbocycles. The van der Waals surface area contributed by atoms with Crippen molar-refractivity contribution in [3.05, 3.63) is 65.4 Å².